The van der Waals surface area contributed by atoms with Crippen LogP contribution in [-0.2, 0) is 12.4 Å². The average Bonchev–Trinajstić information content (AvgIpc) is 3.29. The highest BCUT2D eigenvalue weighted by molar-refractivity contribution is 6.05. The third kappa shape index (κ3) is 3.85. The Labute approximate surface area is 196 Å². The van der Waals surface area contributed by atoms with Crippen LogP contribution in [0.2, 0.25) is 0 Å². The van der Waals surface area contributed by atoms with Gasteiger partial charge in [-0.25, -0.2) is 9.48 Å². The van der Waals surface area contributed by atoms with Crippen LogP contribution in [-0.4, -0.2) is 30.2 Å². The molecule has 0 saturated carbocycles. The molecule has 36 heavy (non-hydrogen) atoms. The fraction of sp³-hybridized carbons (Fsp3) is 0.0909. The molecule has 0 saturated heterocycles. The van der Waals surface area contributed by atoms with Gasteiger partial charge in [-0.1, -0.05) is 12.2 Å². The topological polar surface area (TPSA) is 97.6 Å². The van der Waals surface area contributed by atoms with Gasteiger partial charge in [0.15, 0.2) is 5.69 Å². The van der Waals surface area contributed by atoms with Crippen molar-refractivity contribution in [2.24, 2.45) is 0 Å². The molecule has 0 fully saturated rings. The maximum Gasteiger partial charge on any atom is 0.434 e. The summed E-state index contributed by atoms with van der Waals surface area (Å²) in [7, 11) is 0. The molecule has 5 rings (SSSR count). The number of hydrogen-bond donors (Lipinski definition) is 2. The van der Waals surface area contributed by atoms with Gasteiger partial charge in [0.25, 0.3) is 5.91 Å². The van der Waals surface area contributed by atoms with Crippen molar-refractivity contribution in [3.05, 3.63) is 81.8 Å². The third-order valence-corrected chi connectivity index (χ3v) is 5.32. The number of halogens is 6. The number of H-pyrrole nitrogens is 1. The quantitative estimate of drug-likeness (QED) is 0.394. The maximum atomic E-state index is 14.2. The van der Waals surface area contributed by atoms with Crippen molar-refractivity contribution in [3.63, 3.8) is 0 Å². The van der Waals surface area contributed by atoms with Gasteiger partial charge in [0.2, 0.25) is 0 Å². The second-order valence-corrected chi connectivity index (χ2v) is 7.59. The molecule has 0 aliphatic carbocycles. The number of benzene rings is 1. The lowest BCUT2D eigenvalue weighted by atomic mass is 10.1. The summed E-state index contributed by atoms with van der Waals surface area (Å²) in [6.07, 6.45) is -2.48. The molecule has 4 heterocycles. The Morgan fingerprint density at radius 2 is 1.81 bits per heavy atom. The summed E-state index contributed by atoms with van der Waals surface area (Å²) in [5.74, 6) is -1.32. The monoisotopic (exact) mass is 506 g/mol. The molecular formula is C22H12F6N6O2. The number of rotatable bonds is 3. The van der Waals surface area contributed by atoms with Gasteiger partial charge >= 0.3 is 18.0 Å². The molecule has 1 aliphatic heterocycles. The van der Waals surface area contributed by atoms with E-state index in [1.165, 1.54) is 41.1 Å². The van der Waals surface area contributed by atoms with Crippen LogP contribution in [0.25, 0.3) is 29.0 Å². The molecule has 4 aromatic rings. The molecular weight excluding hydrogens is 494 g/mol. The Morgan fingerprint density at radius 3 is 2.53 bits per heavy atom. The Balaban J connectivity index is 1.63. The van der Waals surface area contributed by atoms with Crippen molar-refractivity contribution in [3.8, 4) is 5.69 Å². The first-order valence-electron chi connectivity index (χ1n) is 10.1. The molecule has 184 valence electrons. The van der Waals surface area contributed by atoms with E-state index < -0.39 is 46.6 Å². The highest BCUT2D eigenvalue weighted by Crippen LogP contribution is 2.36. The molecule has 0 bridgehead atoms. The van der Waals surface area contributed by atoms with Gasteiger partial charge in [-0.05, 0) is 30.3 Å². The summed E-state index contributed by atoms with van der Waals surface area (Å²) in [6, 6.07) is 4.21. The minimum Gasteiger partial charge on any atom is -0.322 e. The zero-order valence-corrected chi connectivity index (χ0v) is 17.6. The third-order valence-electron chi connectivity index (χ3n) is 5.32. The number of pyridine rings is 1. The summed E-state index contributed by atoms with van der Waals surface area (Å²) in [4.78, 5) is 30.7. The van der Waals surface area contributed by atoms with E-state index in [-0.39, 0.29) is 11.3 Å². The molecule has 14 heteroatoms. The van der Waals surface area contributed by atoms with Crippen LogP contribution in [0, 0.1) is 0 Å². The molecule has 0 radical (unpaired) electrons. The summed E-state index contributed by atoms with van der Waals surface area (Å²) in [5.41, 5.74) is -3.78. The summed E-state index contributed by atoms with van der Waals surface area (Å²) in [6.45, 7) is 0. The Bertz CT molecular complexity index is 1640. The standard InChI is InChI=1S/C22H12F6N6O2/c23-21(24,25)16-9-11(6-7-29-16)31-19(35)13-10-30-34(18(13)22(26,27)28)15-5-4-14-17-12(15)3-1-2-8-33(17)20(36)32-14/h1-10H,(H,32,36)(H,29,31,35). The first kappa shape index (κ1) is 23.1. The van der Waals surface area contributed by atoms with E-state index in [1.807, 2.05) is 5.32 Å². The molecule has 1 aromatic carbocycles. The molecule has 1 aliphatic rings. The van der Waals surface area contributed by atoms with E-state index in [1.54, 1.807) is 0 Å². The van der Waals surface area contributed by atoms with Crippen LogP contribution in [0.3, 0.4) is 0 Å². The largest absolute Gasteiger partial charge is 0.434 e. The molecule has 2 N–H and O–H groups in total. The van der Waals surface area contributed by atoms with Crippen molar-refractivity contribution in [2.75, 3.05) is 5.32 Å². The number of aromatic nitrogens is 5. The number of carbonyl (C=O) groups is 1. The first-order valence-corrected chi connectivity index (χ1v) is 10.1. The SMILES string of the molecule is O=C(Nc1ccnc(C(F)(F)F)c1)c1cnn(-c2ccc3[nH]c(=O)n4c3c2C=CC=C4)c1C(F)(F)F. The van der Waals surface area contributed by atoms with Gasteiger partial charge < -0.3 is 10.3 Å². The number of nitrogens with one attached hydrogen (secondary N) is 2. The van der Waals surface area contributed by atoms with Crippen molar-refractivity contribution in [1.29, 1.82) is 0 Å². The number of allylic oxidation sites excluding steroid dienone is 2. The van der Waals surface area contributed by atoms with Crippen LogP contribution >= 0.6 is 0 Å². The summed E-state index contributed by atoms with van der Waals surface area (Å²) >= 11 is 0. The summed E-state index contributed by atoms with van der Waals surface area (Å²) in [5, 5.41) is 5.80. The number of carbonyl (C=O) groups excluding carboxylic acids is 1. The van der Waals surface area contributed by atoms with Crippen molar-refractivity contribution in [1.82, 2.24) is 24.3 Å². The zero-order valence-electron chi connectivity index (χ0n) is 17.6. The molecule has 3 aromatic heterocycles. The van der Waals surface area contributed by atoms with Gasteiger partial charge in [-0.3, -0.25) is 14.3 Å². The lowest BCUT2D eigenvalue weighted by Crippen LogP contribution is -2.21. The van der Waals surface area contributed by atoms with E-state index in [0.717, 1.165) is 12.3 Å². The maximum absolute atomic E-state index is 14.2. The van der Waals surface area contributed by atoms with Gasteiger partial charge in [0.05, 0.1) is 28.5 Å². The van der Waals surface area contributed by atoms with E-state index >= 15 is 0 Å². The first-order chi connectivity index (χ1) is 16.9. The van der Waals surface area contributed by atoms with Crippen LogP contribution in [0.4, 0.5) is 32.0 Å². The van der Waals surface area contributed by atoms with Crippen LogP contribution in [0.1, 0.15) is 27.3 Å². The summed E-state index contributed by atoms with van der Waals surface area (Å²) < 4.78 is 83.0. The van der Waals surface area contributed by atoms with Gasteiger partial charge in [-0.2, -0.15) is 31.4 Å². The highest BCUT2D eigenvalue weighted by Gasteiger charge is 2.41. The van der Waals surface area contributed by atoms with Gasteiger partial charge in [0.1, 0.15) is 5.69 Å². The number of alkyl halides is 6. The number of aromatic amines is 1. The second kappa shape index (κ2) is 7.96. The van der Waals surface area contributed by atoms with Crippen LogP contribution in [0.15, 0.2) is 53.6 Å². The van der Waals surface area contributed by atoms with E-state index in [2.05, 4.69) is 15.1 Å². The molecule has 0 unspecified atom stereocenters. The number of amides is 1. The number of anilines is 1. The number of imidazole rings is 1. The predicted octanol–water partition coefficient (Wildman–Crippen LogP) is 4.70. The number of nitrogens with zero attached hydrogens (tertiary/aromatic N) is 4. The molecule has 1 amide bonds. The minimum atomic E-state index is -5.08. The zero-order chi connectivity index (χ0) is 25.8. The van der Waals surface area contributed by atoms with Gasteiger partial charge in [-0.15, -0.1) is 0 Å². The number of hydrogen-bond acceptors (Lipinski definition) is 4. The normalized spacial score (nSPS) is 13.3. The van der Waals surface area contributed by atoms with Crippen LogP contribution in [0.5, 0.6) is 0 Å². The van der Waals surface area contributed by atoms with Crippen molar-refractivity contribution in [2.45, 2.75) is 12.4 Å². The minimum absolute atomic E-state index is 0.0788. The smallest absolute Gasteiger partial charge is 0.322 e. The van der Waals surface area contributed by atoms with Crippen molar-refractivity contribution < 1.29 is 31.1 Å². The van der Waals surface area contributed by atoms with E-state index in [9.17, 15) is 35.9 Å². The van der Waals surface area contributed by atoms with E-state index in [4.69, 9.17) is 0 Å². The Hall–Kier alpha value is -4.62. The Morgan fingerprint density at radius 1 is 1.03 bits per heavy atom. The van der Waals surface area contributed by atoms with Crippen molar-refractivity contribution >= 4 is 34.9 Å². The highest BCUT2D eigenvalue weighted by atomic mass is 19.4. The lowest BCUT2D eigenvalue weighted by Gasteiger charge is -2.15. The fourth-order valence-corrected chi connectivity index (χ4v) is 3.85. The molecule has 0 atom stereocenters. The second-order valence-electron chi connectivity index (χ2n) is 7.59. The predicted molar refractivity (Wildman–Crippen MR) is 116 cm³/mol. The van der Waals surface area contributed by atoms with Gasteiger partial charge in [0, 0.05) is 23.6 Å². The average molecular weight is 506 g/mol. The molecule has 8 nitrogen and oxygen atoms in total. The lowest BCUT2D eigenvalue weighted by molar-refractivity contribution is -0.143. The Kier molecular flexibility index (Phi) is 5.12. The molecule has 0 spiro atoms. The van der Waals surface area contributed by atoms with Crippen LogP contribution < -0.4 is 11.0 Å². The fourth-order valence-electron chi connectivity index (χ4n) is 3.85. The van der Waals surface area contributed by atoms with E-state index in [0.29, 0.717) is 28.0 Å².